The van der Waals surface area contributed by atoms with Gasteiger partial charge in [0.1, 0.15) is 18.4 Å². The Balaban J connectivity index is 2.48. The average Bonchev–Trinajstić information content (AvgIpc) is 2.90. The van der Waals surface area contributed by atoms with Crippen molar-refractivity contribution in [1.82, 2.24) is 14.2 Å². The van der Waals surface area contributed by atoms with Gasteiger partial charge in [-0.25, -0.2) is 9.69 Å². The molecule has 12 heteroatoms. The van der Waals surface area contributed by atoms with Crippen LogP contribution < -0.4 is 11.2 Å². The van der Waals surface area contributed by atoms with Gasteiger partial charge >= 0.3 is 13.6 Å². The molecule has 1 aliphatic heterocycles. The fourth-order valence-corrected chi connectivity index (χ4v) is 7.04. The fourth-order valence-electron chi connectivity index (χ4n) is 4.12. The Hall–Kier alpha value is -1.64. The van der Waals surface area contributed by atoms with E-state index in [1.807, 2.05) is 33.8 Å². The number of rotatable bonds is 9. The first-order valence-corrected chi connectivity index (χ1v) is 11.9. The third-order valence-electron chi connectivity index (χ3n) is 5.32. The molecule has 0 saturated carbocycles. The van der Waals surface area contributed by atoms with Crippen molar-refractivity contribution in [3.8, 4) is 6.07 Å². The van der Waals surface area contributed by atoms with Crippen LogP contribution in [0.2, 0.25) is 0 Å². The Bertz CT molecular complexity index is 905. The molecule has 2 heterocycles. The summed E-state index contributed by atoms with van der Waals surface area (Å²) < 4.78 is 14.7. The van der Waals surface area contributed by atoms with Crippen LogP contribution >= 0.6 is 7.87 Å². The van der Waals surface area contributed by atoms with E-state index < -0.39 is 49.8 Å². The molecule has 31 heavy (non-hydrogen) atoms. The molecule has 1 fully saturated rings. The second kappa shape index (κ2) is 9.88. The maximum Gasteiger partial charge on any atom is 0.347 e. The maximum absolute atomic E-state index is 12.3. The molecule has 0 aromatic carbocycles. The van der Waals surface area contributed by atoms with Gasteiger partial charge in [0.2, 0.25) is 0 Å². The van der Waals surface area contributed by atoms with Gasteiger partial charge in [0.25, 0.3) is 5.56 Å². The van der Waals surface area contributed by atoms with E-state index in [1.165, 1.54) is 13.1 Å². The lowest BCUT2D eigenvalue weighted by atomic mass is 10.0. The summed E-state index contributed by atoms with van der Waals surface area (Å²) in [5, 5.41) is 30.1. The van der Waals surface area contributed by atoms with Crippen molar-refractivity contribution < 1.29 is 24.4 Å². The van der Waals surface area contributed by atoms with Gasteiger partial charge < -0.3 is 14.9 Å². The number of hydrogen-bond donors (Lipinski definition) is 4. The molecule has 4 N–H and O–H groups in total. The standard InChI is InChI=1S/C19H31N4O7P/c1-12(2)23(13(3)4)31(28,10-6-8-20)30-16-14(11-24)29-19(5,17(16)26)22-9-7-15(25)21-18(22)27/h7,9,12-14,16-17,24,26,28H,6,10-11H2,1-5H3/p+1/t14-,16-,17-,19-,31?/m1/s1. The first-order chi connectivity index (χ1) is 14.4. The highest BCUT2D eigenvalue weighted by molar-refractivity contribution is 7.63. The number of nitriles is 1. The molecule has 1 saturated heterocycles. The molecule has 0 amide bonds. The molecule has 0 spiro atoms. The van der Waals surface area contributed by atoms with Gasteiger partial charge in [0, 0.05) is 24.3 Å². The molecule has 0 bridgehead atoms. The maximum atomic E-state index is 12.3. The zero-order valence-corrected chi connectivity index (χ0v) is 19.3. The lowest BCUT2D eigenvalue weighted by Gasteiger charge is -2.37. The lowest BCUT2D eigenvalue weighted by molar-refractivity contribution is -0.137. The second-order valence-corrected chi connectivity index (χ2v) is 10.7. The van der Waals surface area contributed by atoms with Crippen LogP contribution in [0.25, 0.3) is 0 Å². The van der Waals surface area contributed by atoms with Gasteiger partial charge in [-0.15, -0.1) is 4.67 Å². The summed E-state index contributed by atoms with van der Waals surface area (Å²) in [6.07, 6.45) is -2.46. The van der Waals surface area contributed by atoms with Crippen LogP contribution in [-0.4, -0.2) is 72.5 Å². The highest BCUT2D eigenvalue weighted by Crippen LogP contribution is 2.63. The molecule has 174 valence electrons. The lowest BCUT2D eigenvalue weighted by Crippen LogP contribution is -2.50. The summed E-state index contributed by atoms with van der Waals surface area (Å²) in [4.78, 5) is 37.4. The summed E-state index contributed by atoms with van der Waals surface area (Å²) in [5.41, 5.74) is -3.07. The number of nitrogens with zero attached hydrogens (tertiary/aromatic N) is 3. The van der Waals surface area contributed by atoms with Gasteiger partial charge in [0.15, 0.2) is 11.8 Å². The van der Waals surface area contributed by atoms with Crippen molar-refractivity contribution in [3.63, 3.8) is 0 Å². The first kappa shape index (κ1) is 25.6. The SMILES string of the molecule is CC(C)N(C(C)C)[P+](O)(CCC#N)O[C@H]1[C@@H](O)[C@](C)(n2ccc(=O)[nH]c2=O)O[C@@H]1CO. The Labute approximate surface area is 181 Å². The van der Waals surface area contributed by atoms with Crippen LogP contribution in [-0.2, 0) is 15.0 Å². The van der Waals surface area contributed by atoms with E-state index in [0.717, 1.165) is 10.6 Å². The van der Waals surface area contributed by atoms with Gasteiger partial charge in [-0.05, 0) is 34.6 Å². The zero-order valence-electron chi connectivity index (χ0n) is 18.4. The number of ether oxygens (including phenoxy) is 1. The van der Waals surface area contributed by atoms with E-state index in [4.69, 9.17) is 14.5 Å². The molecule has 5 atom stereocenters. The number of aromatic amines is 1. The normalized spacial score (nSPS) is 28.3. The molecular weight excluding hydrogens is 427 g/mol. The Morgan fingerprint density at radius 2 is 2.00 bits per heavy atom. The van der Waals surface area contributed by atoms with E-state index in [2.05, 4.69) is 4.98 Å². The molecule has 1 aliphatic rings. The van der Waals surface area contributed by atoms with Gasteiger partial charge in [-0.2, -0.15) is 9.79 Å². The molecule has 1 aromatic rings. The molecule has 0 aliphatic carbocycles. The summed E-state index contributed by atoms with van der Waals surface area (Å²) in [7, 11) is -3.40. The van der Waals surface area contributed by atoms with Gasteiger partial charge in [0.05, 0.1) is 19.1 Å². The molecule has 0 radical (unpaired) electrons. The Morgan fingerprint density at radius 3 is 2.48 bits per heavy atom. The van der Waals surface area contributed by atoms with Crippen LogP contribution in [0.4, 0.5) is 0 Å². The summed E-state index contributed by atoms with van der Waals surface area (Å²) >= 11 is 0. The minimum absolute atomic E-state index is 0.0321. The van der Waals surface area contributed by atoms with Gasteiger partial charge in [-0.3, -0.25) is 14.3 Å². The van der Waals surface area contributed by atoms with E-state index in [9.17, 15) is 24.7 Å². The topological polar surface area (TPSA) is 161 Å². The van der Waals surface area contributed by atoms with E-state index in [-0.39, 0.29) is 24.7 Å². The van der Waals surface area contributed by atoms with Crippen LogP contribution in [0.5, 0.6) is 0 Å². The van der Waals surface area contributed by atoms with Crippen molar-refractivity contribution in [1.29, 1.82) is 5.26 Å². The molecule has 1 unspecified atom stereocenters. The van der Waals surface area contributed by atoms with Gasteiger partial charge in [-0.1, -0.05) is 0 Å². The minimum atomic E-state index is -3.40. The zero-order chi connectivity index (χ0) is 23.6. The van der Waals surface area contributed by atoms with Crippen LogP contribution in [0.3, 0.4) is 0 Å². The van der Waals surface area contributed by atoms with E-state index in [0.29, 0.717) is 0 Å². The number of hydrogen-bond acceptors (Lipinski definition) is 9. The van der Waals surface area contributed by atoms with Crippen LogP contribution in [0, 0.1) is 11.3 Å². The number of H-pyrrole nitrogens is 1. The third kappa shape index (κ3) is 5.07. The quantitative estimate of drug-likeness (QED) is 0.376. The summed E-state index contributed by atoms with van der Waals surface area (Å²) in [6.45, 7) is 8.42. The van der Waals surface area contributed by atoms with Crippen LogP contribution in [0.15, 0.2) is 21.9 Å². The monoisotopic (exact) mass is 459 g/mol. The number of nitrogens with one attached hydrogen (secondary N) is 1. The first-order valence-electron chi connectivity index (χ1n) is 10.2. The Kier molecular flexibility index (Phi) is 8.16. The Morgan fingerprint density at radius 1 is 1.39 bits per heavy atom. The highest BCUT2D eigenvalue weighted by atomic mass is 31.2. The van der Waals surface area contributed by atoms with E-state index in [1.54, 1.807) is 4.67 Å². The van der Waals surface area contributed by atoms with Crippen molar-refractivity contribution in [2.45, 2.75) is 77.2 Å². The number of aromatic nitrogens is 2. The molecule has 11 nitrogen and oxygen atoms in total. The fraction of sp³-hybridized carbons (Fsp3) is 0.737. The largest absolute Gasteiger partial charge is 0.394 e. The van der Waals surface area contributed by atoms with E-state index >= 15 is 0 Å². The van der Waals surface area contributed by atoms with Crippen molar-refractivity contribution in [2.24, 2.45) is 0 Å². The molecule has 2 rings (SSSR count). The van der Waals surface area contributed by atoms with Crippen LogP contribution in [0.1, 0.15) is 41.0 Å². The number of aliphatic hydroxyl groups is 2. The highest BCUT2D eigenvalue weighted by Gasteiger charge is 2.60. The van der Waals surface area contributed by atoms with Crippen molar-refractivity contribution in [3.05, 3.63) is 33.1 Å². The minimum Gasteiger partial charge on any atom is -0.394 e. The van der Waals surface area contributed by atoms with Crippen molar-refractivity contribution in [2.75, 3.05) is 12.8 Å². The predicted molar refractivity (Wildman–Crippen MR) is 114 cm³/mol. The summed E-state index contributed by atoms with van der Waals surface area (Å²) in [6, 6.07) is 2.87. The number of aliphatic hydroxyl groups excluding tert-OH is 2. The second-order valence-electron chi connectivity index (χ2n) is 8.25. The molecule has 1 aromatic heterocycles. The predicted octanol–water partition coefficient (Wildman–Crippen LogP) is 0.134. The molecular formula is C19H32N4O7P+. The third-order valence-corrected chi connectivity index (χ3v) is 8.36. The smallest absolute Gasteiger partial charge is 0.347 e. The summed E-state index contributed by atoms with van der Waals surface area (Å²) in [5.74, 6) is 0. The van der Waals surface area contributed by atoms with Crippen molar-refractivity contribution >= 4 is 7.87 Å². The average molecular weight is 459 g/mol.